The first-order valence-electron chi connectivity index (χ1n) is 5.09. The molecular weight excluding hydrogens is 174 g/mol. The number of hydrogen-bond donors (Lipinski definition) is 0. The zero-order valence-electron chi connectivity index (χ0n) is 7.81. The molecule has 0 bridgehead atoms. The molecule has 2 fully saturated rings. The van der Waals surface area contributed by atoms with Crippen molar-refractivity contribution in [2.45, 2.75) is 31.9 Å². The largest absolute Gasteiger partial charge is 0.369 e. The Hall–Kier alpha value is -0.220. The molecule has 0 aliphatic carbocycles. The second kappa shape index (κ2) is 3.50. The average molecular weight is 190 g/mol. The Kier molecular flexibility index (Phi) is 2.51. The van der Waals surface area contributed by atoms with Gasteiger partial charge in [0.2, 0.25) is 0 Å². The quantitative estimate of drug-likeness (QED) is 0.612. The third-order valence-corrected chi connectivity index (χ3v) is 2.97. The number of rotatable bonds is 2. The molecule has 0 aromatic carbocycles. The minimum atomic E-state index is -2.67. The number of alkyl halides is 2. The van der Waals surface area contributed by atoms with Gasteiger partial charge in [-0.15, -0.1) is 0 Å². The predicted molar refractivity (Wildman–Crippen MR) is 46.6 cm³/mol. The van der Waals surface area contributed by atoms with Gasteiger partial charge in [0.25, 0.3) is 0 Å². The molecule has 2 nitrogen and oxygen atoms in total. The number of nitrogens with zero attached hydrogens (tertiary/aromatic N) is 2. The van der Waals surface area contributed by atoms with Crippen molar-refractivity contribution >= 4 is 0 Å². The fourth-order valence-corrected chi connectivity index (χ4v) is 2.17. The molecule has 0 atom stereocenters. The van der Waals surface area contributed by atoms with Gasteiger partial charge in [0.1, 0.15) is 0 Å². The van der Waals surface area contributed by atoms with E-state index in [1.807, 2.05) is 0 Å². The van der Waals surface area contributed by atoms with E-state index in [9.17, 15) is 8.78 Å². The van der Waals surface area contributed by atoms with Gasteiger partial charge in [-0.1, -0.05) is 0 Å². The van der Waals surface area contributed by atoms with Gasteiger partial charge >= 0.3 is 6.17 Å². The summed E-state index contributed by atoms with van der Waals surface area (Å²) >= 11 is 0. The van der Waals surface area contributed by atoms with Crippen LogP contribution in [0.5, 0.6) is 0 Å². The van der Waals surface area contributed by atoms with Crippen LogP contribution in [0.2, 0.25) is 0 Å². The first-order chi connectivity index (χ1) is 6.21. The first-order valence-corrected chi connectivity index (χ1v) is 5.09. The van der Waals surface area contributed by atoms with Crippen LogP contribution in [0.1, 0.15) is 25.7 Å². The molecule has 0 aromatic rings. The summed E-state index contributed by atoms with van der Waals surface area (Å²) in [7, 11) is 0. The van der Waals surface area contributed by atoms with E-state index in [1.165, 1.54) is 9.80 Å². The molecular formula is C9H16F2N2. The van der Waals surface area contributed by atoms with Crippen LogP contribution in [-0.4, -0.2) is 42.1 Å². The minimum absolute atomic E-state index is 0.559. The van der Waals surface area contributed by atoms with Crippen LogP contribution in [-0.2, 0) is 0 Å². The van der Waals surface area contributed by atoms with E-state index in [4.69, 9.17) is 0 Å². The third kappa shape index (κ3) is 1.70. The van der Waals surface area contributed by atoms with Crippen LogP contribution in [0.4, 0.5) is 8.78 Å². The van der Waals surface area contributed by atoms with Crippen molar-refractivity contribution in [2.75, 3.05) is 26.2 Å². The third-order valence-electron chi connectivity index (χ3n) is 2.97. The summed E-state index contributed by atoms with van der Waals surface area (Å²) in [6.07, 6.45) is 1.01. The molecule has 13 heavy (non-hydrogen) atoms. The molecule has 0 saturated carbocycles. The molecule has 2 saturated heterocycles. The van der Waals surface area contributed by atoms with Gasteiger partial charge in [0.15, 0.2) is 0 Å². The fraction of sp³-hybridized carbons (Fsp3) is 1.00. The van der Waals surface area contributed by atoms with Gasteiger partial charge in [0, 0.05) is 26.2 Å². The van der Waals surface area contributed by atoms with E-state index in [1.54, 1.807) is 0 Å². The van der Waals surface area contributed by atoms with Crippen LogP contribution in [0.15, 0.2) is 0 Å². The Morgan fingerprint density at radius 1 is 0.692 bits per heavy atom. The van der Waals surface area contributed by atoms with Crippen LogP contribution in [0.3, 0.4) is 0 Å². The highest BCUT2D eigenvalue weighted by molar-refractivity contribution is 4.79. The zero-order chi connectivity index (χ0) is 9.31. The number of likely N-dealkylation sites (tertiary alicyclic amines) is 2. The van der Waals surface area contributed by atoms with Gasteiger partial charge in [-0.05, 0) is 25.7 Å². The van der Waals surface area contributed by atoms with Crippen LogP contribution >= 0.6 is 0 Å². The van der Waals surface area contributed by atoms with Crippen molar-refractivity contribution in [1.82, 2.24) is 9.80 Å². The molecule has 0 amide bonds. The molecule has 0 radical (unpaired) electrons. The Morgan fingerprint density at radius 3 is 1.31 bits per heavy atom. The lowest BCUT2D eigenvalue weighted by molar-refractivity contribution is -0.238. The van der Waals surface area contributed by atoms with Crippen molar-refractivity contribution in [3.63, 3.8) is 0 Å². The van der Waals surface area contributed by atoms with E-state index in [-0.39, 0.29) is 0 Å². The molecule has 2 heterocycles. The van der Waals surface area contributed by atoms with E-state index >= 15 is 0 Å². The van der Waals surface area contributed by atoms with E-state index in [0.717, 1.165) is 25.7 Å². The smallest absolute Gasteiger partial charge is 0.230 e. The van der Waals surface area contributed by atoms with Crippen molar-refractivity contribution < 1.29 is 8.78 Å². The summed E-state index contributed by atoms with van der Waals surface area (Å²) in [4.78, 5) is 2.64. The summed E-state index contributed by atoms with van der Waals surface area (Å²) in [6.45, 7) is 2.24. The summed E-state index contributed by atoms with van der Waals surface area (Å²) in [6, 6.07) is 0. The Morgan fingerprint density at radius 2 is 1.00 bits per heavy atom. The standard InChI is InChI=1S/C9H16F2N2/c10-9(11,12-5-1-2-6-12)13-7-3-4-8-13/h1-8H2. The highest BCUT2D eigenvalue weighted by Gasteiger charge is 2.45. The Balaban J connectivity index is 1.99. The molecule has 2 aliphatic rings. The second-order valence-electron chi connectivity index (χ2n) is 3.90. The maximum atomic E-state index is 13.7. The summed E-state index contributed by atoms with van der Waals surface area (Å²) < 4.78 is 27.4. The van der Waals surface area contributed by atoms with Crippen LogP contribution in [0.25, 0.3) is 0 Å². The summed E-state index contributed by atoms with van der Waals surface area (Å²) in [5, 5.41) is 0. The van der Waals surface area contributed by atoms with E-state index < -0.39 is 6.17 Å². The molecule has 0 unspecified atom stereocenters. The molecule has 0 N–H and O–H groups in total. The van der Waals surface area contributed by atoms with Gasteiger partial charge in [-0.25, -0.2) is 9.80 Å². The summed E-state index contributed by atoms with van der Waals surface area (Å²) in [5.41, 5.74) is 0. The molecule has 76 valence electrons. The molecule has 4 heteroatoms. The van der Waals surface area contributed by atoms with Gasteiger partial charge in [0.05, 0.1) is 0 Å². The van der Waals surface area contributed by atoms with Gasteiger partial charge < -0.3 is 0 Å². The Bertz CT molecular complexity index is 154. The predicted octanol–water partition coefficient (Wildman–Crippen LogP) is 1.73. The maximum Gasteiger partial charge on any atom is 0.369 e. The SMILES string of the molecule is FC(F)(N1CCCC1)N1CCCC1. The minimum Gasteiger partial charge on any atom is -0.230 e. The zero-order valence-corrected chi connectivity index (χ0v) is 7.81. The molecule has 2 aliphatic heterocycles. The lowest BCUT2D eigenvalue weighted by Crippen LogP contribution is -2.52. The summed E-state index contributed by atoms with van der Waals surface area (Å²) in [5.74, 6) is 0. The van der Waals surface area contributed by atoms with Gasteiger partial charge in [-0.2, -0.15) is 8.78 Å². The van der Waals surface area contributed by atoms with Crippen molar-refractivity contribution in [1.29, 1.82) is 0 Å². The van der Waals surface area contributed by atoms with Crippen molar-refractivity contribution in [2.24, 2.45) is 0 Å². The highest BCUT2D eigenvalue weighted by atomic mass is 19.3. The number of halogens is 2. The van der Waals surface area contributed by atoms with Crippen molar-refractivity contribution in [3.8, 4) is 0 Å². The average Bonchev–Trinajstić information content (AvgIpc) is 2.78. The van der Waals surface area contributed by atoms with Gasteiger partial charge in [-0.3, -0.25) is 0 Å². The van der Waals surface area contributed by atoms with Crippen LogP contribution < -0.4 is 0 Å². The fourth-order valence-electron chi connectivity index (χ4n) is 2.17. The maximum absolute atomic E-state index is 13.7. The van der Waals surface area contributed by atoms with Crippen LogP contribution in [0, 0.1) is 0 Å². The van der Waals surface area contributed by atoms with E-state index in [2.05, 4.69) is 0 Å². The van der Waals surface area contributed by atoms with E-state index in [0.29, 0.717) is 26.2 Å². The lowest BCUT2D eigenvalue weighted by Gasteiger charge is -2.33. The second-order valence-corrected chi connectivity index (χ2v) is 3.90. The molecule has 2 rings (SSSR count). The monoisotopic (exact) mass is 190 g/mol. The Labute approximate surface area is 77.5 Å². The highest BCUT2D eigenvalue weighted by Crippen LogP contribution is 2.31. The first kappa shape index (κ1) is 9.34. The van der Waals surface area contributed by atoms with Crippen molar-refractivity contribution in [3.05, 3.63) is 0 Å². The number of hydrogen-bond acceptors (Lipinski definition) is 2. The molecule has 0 spiro atoms. The topological polar surface area (TPSA) is 6.48 Å². The molecule has 0 aromatic heterocycles. The normalized spacial score (nSPS) is 27.2. The lowest BCUT2D eigenvalue weighted by atomic mass is 10.4.